The number of para-hydroxylation sites is 1. The van der Waals surface area contributed by atoms with Gasteiger partial charge in [-0.15, -0.1) is 0 Å². The minimum absolute atomic E-state index is 0.0373. The summed E-state index contributed by atoms with van der Waals surface area (Å²) in [5, 5.41) is 15.2. The molecular formula is C15H15N3O3. The van der Waals surface area contributed by atoms with Crippen LogP contribution in [0.25, 0.3) is 0 Å². The van der Waals surface area contributed by atoms with Crippen LogP contribution in [0.3, 0.4) is 0 Å². The maximum atomic E-state index is 11.0. The van der Waals surface area contributed by atoms with Crippen LogP contribution in [0.1, 0.15) is 12.5 Å². The van der Waals surface area contributed by atoms with Gasteiger partial charge in [-0.3, -0.25) is 15.5 Å². The molecule has 0 unspecified atom stereocenters. The van der Waals surface area contributed by atoms with E-state index in [1.807, 2.05) is 12.1 Å². The molecule has 21 heavy (non-hydrogen) atoms. The first kappa shape index (κ1) is 14.5. The number of nitro benzene ring substituents is 1. The molecule has 0 amide bonds. The lowest BCUT2D eigenvalue weighted by Crippen LogP contribution is -2.03. The Morgan fingerprint density at radius 3 is 2.48 bits per heavy atom. The van der Waals surface area contributed by atoms with Crippen molar-refractivity contribution < 1.29 is 9.66 Å². The fraction of sp³-hybridized carbons (Fsp3) is 0.133. The molecule has 0 aliphatic carbocycles. The highest BCUT2D eigenvalue weighted by Crippen LogP contribution is 2.19. The molecule has 108 valence electrons. The number of hydrazone groups is 1. The molecule has 1 N–H and O–H groups in total. The summed E-state index contributed by atoms with van der Waals surface area (Å²) in [5.74, 6) is 0.750. The number of rotatable bonds is 5. The maximum absolute atomic E-state index is 11.0. The number of hydrogen-bond donors (Lipinski definition) is 1. The van der Waals surface area contributed by atoms with E-state index in [4.69, 9.17) is 4.74 Å². The van der Waals surface area contributed by atoms with Gasteiger partial charge in [0.2, 0.25) is 0 Å². The Morgan fingerprint density at radius 1 is 1.19 bits per heavy atom. The van der Waals surface area contributed by atoms with Gasteiger partial charge in [-0.05, 0) is 37.3 Å². The van der Waals surface area contributed by atoms with Gasteiger partial charge >= 0.3 is 0 Å². The normalized spacial score (nSPS) is 11.0. The summed E-state index contributed by atoms with van der Waals surface area (Å²) in [6.45, 7) is 1.72. The van der Waals surface area contributed by atoms with Crippen LogP contribution in [0.4, 0.5) is 11.4 Å². The molecule has 0 aliphatic rings. The third-order valence-corrected chi connectivity index (χ3v) is 2.93. The van der Waals surface area contributed by atoms with Crippen molar-refractivity contribution in [2.75, 3.05) is 12.5 Å². The van der Waals surface area contributed by atoms with Crippen LogP contribution in [-0.2, 0) is 0 Å². The summed E-state index contributed by atoms with van der Waals surface area (Å²) in [6.07, 6.45) is 0. The van der Waals surface area contributed by atoms with E-state index < -0.39 is 4.92 Å². The van der Waals surface area contributed by atoms with Crippen LogP contribution >= 0.6 is 0 Å². The number of methoxy groups -OCH3 is 1. The van der Waals surface area contributed by atoms with Crippen LogP contribution < -0.4 is 10.2 Å². The molecule has 0 saturated carbocycles. The first-order valence-corrected chi connectivity index (χ1v) is 6.30. The Hall–Kier alpha value is -2.89. The summed E-state index contributed by atoms with van der Waals surface area (Å²) >= 11 is 0. The molecule has 2 aromatic carbocycles. The Balaban J connectivity index is 2.19. The topological polar surface area (TPSA) is 76.8 Å². The molecule has 0 radical (unpaired) electrons. The fourth-order valence-electron chi connectivity index (χ4n) is 1.81. The van der Waals surface area contributed by atoms with E-state index in [1.165, 1.54) is 6.07 Å². The largest absolute Gasteiger partial charge is 0.497 e. The maximum Gasteiger partial charge on any atom is 0.278 e. The molecular weight excluding hydrogens is 270 g/mol. The first-order chi connectivity index (χ1) is 10.1. The minimum Gasteiger partial charge on any atom is -0.497 e. The highest BCUT2D eigenvalue weighted by atomic mass is 16.6. The highest BCUT2D eigenvalue weighted by molar-refractivity contribution is 6.02. The molecule has 0 spiro atoms. The van der Waals surface area contributed by atoms with Crippen LogP contribution in [0, 0.1) is 10.1 Å². The highest BCUT2D eigenvalue weighted by Gasteiger charge is 2.14. The number of nitrogens with one attached hydrogen (secondary N) is 1. The van der Waals surface area contributed by atoms with Crippen molar-refractivity contribution in [3.8, 4) is 5.75 Å². The zero-order valence-electron chi connectivity index (χ0n) is 11.7. The van der Waals surface area contributed by atoms with Crippen molar-refractivity contribution in [3.63, 3.8) is 0 Å². The van der Waals surface area contributed by atoms with Gasteiger partial charge in [-0.1, -0.05) is 12.1 Å². The number of nitro groups is 1. The average molecular weight is 285 g/mol. The lowest BCUT2D eigenvalue weighted by molar-refractivity contribution is -0.385. The fourth-order valence-corrected chi connectivity index (χ4v) is 1.81. The van der Waals surface area contributed by atoms with E-state index in [2.05, 4.69) is 10.5 Å². The number of anilines is 1. The summed E-state index contributed by atoms with van der Waals surface area (Å²) < 4.78 is 5.07. The molecule has 2 aromatic rings. The standard InChI is InChI=1S/C15H15N3O3/c1-11(14-5-3-4-6-15(14)18(19)20)16-17-12-7-9-13(21-2)10-8-12/h3-10,17H,1-2H3/b16-11+. The lowest BCUT2D eigenvalue weighted by Gasteiger charge is -2.05. The molecule has 0 atom stereocenters. The van der Waals surface area contributed by atoms with Crippen LogP contribution in [0.5, 0.6) is 5.75 Å². The van der Waals surface area contributed by atoms with Gasteiger partial charge in [0.15, 0.2) is 0 Å². The van der Waals surface area contributed by atoms with Crippen LogP contribution in [-0.4, -0.2) is 17.7 Å². The van der Waals surface area contributed by atoms with Gasteiger partial charge in [0.05, 0.1) is 29.0 Å². The predicted molar refractivity (Wildman–Crippen MR) is 81.9 cm³/mol. The Labute approximate surface area is 122 Å². The first-order valence-electron chi connectivity index (χ1n) is 6.30. The van der Waals surface area contributed by atoms with E-state index in [0.717, 1.165) is 11.4 Å². The Kier molecular flexibility index (Phi) is 4.50. The van der Waals surface area contributed by atoms with Crippen molar-refractivity contribution >= 4 is 17.1 Å². The number of ether oxygens (including phenoxy) is 1. The molecule has 0 bridgehead atoms. The smallest absolute Gasteiger partial charge is 0.278 e. The second kappa shape index (κ2) is 6.51. The van der Waals surface area contributed by atoms with Crippen molar-refractivity contribution in [2.45, 2.75) is 6.92 Å². The lowest BCUT2D eigenvalue weighted by atomic mass is 10.1. The second-order valence-corrected chi connectivity index (χ2v) is 4.31. The van der Waals surface area contributed by atoms with Crippen molar-refractivity contribution in [2.24, 2.45) is 5.10 Å². The zero-order chi connectivity index (χ0) is 15.2. The number of benzene rings is 2. The van der Waals surface area contributed by atoms with E-state index >= 15 is 0 Å². The quantitative estimate of drug-likeness (QED) is 0.518. The molecule has 6 heteroatoms. The number of hydrogen-bond acceptors (Lipinski definition) is 5. The van der Waals surface area contributed by atoms with E-state index in [-0.39, 0.29) is 5.69 Å². The van der Waals surface area contributed by atoms with Crippen molar-refractivity contribution in [3.05, 3.63) is 64.2 Å². The molecule has 0 fully saturated rings. The van der Waals surface area contributed by atoms with Gasteiger partial charge in [-0.2, -0.15) is 5.10 Å². The molecule has 0 saturated heterocycles. The van der Waals surface area contributed by atoms with Gasteiger partial charge in [0.25, 0.3) is 5.69 Å². The Morgan fingerprint density at radius 2 is 1.86 bits per heavy atom. The number of nitrogens with zero attached hydrogens (tertiary/aromatic N) is 2. The SMILES string of the molecule is COc1ccc(N/N=C(\C)c2ccccc2[N+](=O)[O-])cc1. The third kappa shape index (κ3) is 3.56. The monoisotopic (exact) mass is 285 g/mol. The second-order valence-electron chi connectivity index (χ2n) is 4.31. The molecule has 6 nitrogen and oxygen atoms in total. The van der Waals surface area contributed by atoms with Gasteiger partial charge < -0.3 is 4.74 Å². The summed E-state index contributed by atoms with van der Waals surface area (Å²) in [6, 6.07) is 13.7. The van der Waals surface area contributed by atoms with E-state index in [9.17, 15) is 10.1 Å². The Bertz CT molecular complexity index is 666. The summed E-state index contributed by atoms with van der Waals surface area (Å²) in [5.41, 5.74) is 4.71. The molecule has 0 aliphatic heterocycles. The van der Waals surface area contributed by atoms with Crippen molar-refractivity contribution in [1.82, 2.24) is 0 Å². The van der Waals surface area contributed by atoms with E-state index in [1.54, 1.807) is 44.4 Å². The predicted octanol–water partition coefficient (Wildman–Crippen LogP) is 3.44. The van der Waals surface area contributed by atoms with Gasteiger partial charge in [0, 0.05) is 6.07 Å². The van der Waals surface area contributed by atoms with Crippen LogP contribution in [0.2, 0.25) is 0 Å². The molecule has 0 heterocycles. The van der Waals surface area contributed by atoms with Gasteiger partial charge in [0.1, 0.15) is 5.75 Å². The van der Waals surface area contributed by atoms with Crippen molar-refractivity contribution in [1.29, 1.82) is 0 Å². The third-order valence-electron chi connectivity index (χ3n) is 2.93. The van der Waals surface area contributed by atoms with Crippen LogP contribution in [0.15, 0.2) is 53.6 Å². The molecule has 0 aromatic heterocycles. The van der Waals surface area contributed by atoms with E-state index in [0.29, 0.717) is 11.3 Å². The summed E-state index contributed by atoms with van der Waals surface area (Å²) in [4.78, 5) is 10.6. The zero-order valence-corrected chi connectivity index (χ0v) is 11.7. The average Bonchev–Trinajstić information content (AvgIpc) is 2.53. The van der Waals surface area contributed by atoms with Gasteiger partial charge in [-0.25, -0.2) is 0 Å². The summed E-state index contributed by atoms with van der Waals surface area (Å²) in [7, 11) is 1.60. The minimum atomic E-state index is -0.415. The molecule has 2 rings (SSSR count).